The van der Waals surface area contributed by atoms with Crippen LogP contribution in [-0.4, -0.2) is 66.3 Å². The number of hydrogen-bond acceptors (Lipinski definition) is 5. The summed E-state index contributed by atoms with van der Waals surface area (Å²) in [6, 6.07) is 1.80. The van der Waals surface area contributed by atoms with Gasteiger partial charge in [-0.05, 0) is 19.4 Å². The second-order valence-corrected chi connectivity index (χ2v) is 6.40. The first-order valence-corrected chi connectivity index (χ1v) is 8.47. The van der Waals surface area contributed by atoms with Gasteiger partial charge in [0.05, 0.1) is 6.10 Å². The molecule has 2 amide bonds. The van der Waals surface area contributed by atoms with E-state index in [0.29, 0.717) is 25.6 Å². The fourth-order valence-corrected chi connectivity index (χ4v) is 3.28. The summed E-state index contributed by atoms with van der Waals surface area (Å²) in [6.07, 6.45) is 4.51. The van der Waals surface area contributed by atoms with Crippen molar-refractivity contribution in [3.63, 3.8) is 0 Å². The topological polar surface area (TPSA) is 70.6 Å². The van der Waals surface area contributed by atoms with E-state index in [1.54, 1.807) is 18.5 Å². The minimum absolute atomic E-state index is 0.00371. The molecular weight excluding hydrogens is 306 g/mol. The van der Waals surface area contributed by atoms with Crippen LogP contribution < -0.4 is 10.2 Å². The Bertz CT molecular complexity index is 572. The van der Waals surface area contributed by atoms with Crippen LogP contribution in [0.15, 0.2) is 30.6 Å². The first-order chi connectivity index (χ1) is 11.6. The standard InChI is InChI=1S/C17H25N5O2/c1-13(2)15-14(4-11-24-15)12-20-17(23)22-9-7-21(8-10-22)16-18-5-3-6-19-16/h3,5-6,14-15H,1,4,7-12H2,2H3,(H,20,23)/t14-,15+/m0/s1. The number of amides is 2. The third-order valence-electron chi connectivity index (χ3n) is 4.62. The molecule has 3 heterocycles. The lowest BCUT2D eigenvalue weighted by Crippen LogP contribution is -2.53. The van der Waals surface area contributed by atoms with E-state index in [-0.39, 0.29) is 12.1 Å². The number of ether oxygens (including phenoxy) is 1. The molecule has 1 aromatic heterocycles. The highest BCUT2D eigenvalue weighted by atomic mass is 16.5. The second kappa shape index (κ2) is 7.61. The van der Waals surface area contributed by atoms with Crippen LogP contribution in [0.2, 0.25) is 0 Å². The maximum Gasteiger partial charge on any atom is 0.317 e. The normalized spacial score (nSPS) is 24.0. The monoisotopic (exact) mass is 331 g/mol. The van der Waals surface area contributed by atoms with Crippen molar-refractivity contribution in [3.8, 4) is 0 Å². The molecular formula is C17H25N5O2. The molecule has 1 aromatic rings. The number of nitrogens with one attached hydrogen (secondary N) is 1. The Morgan fingerprint density at radius 1 is 1.33 bits per heavy atom. The van der Waals surface area contributed by atoms with E-state index in [9.17, 15) is 4.79 Å². The summed E-state index contributed by atoms with van der Waals surface area (Å²) >= 11 is 0. The van der Waals surface area contributed by atoms with Gasteiger partial charge >= 0.3 is 6.03 Å². The van der Waals surface area contributed by atoms with Gasteiger partial charge in [0.1, 0.15) is 0 Å². The quantitative estimate of drug-likeness (QED) is 0.842. The van der Waals surface area contributed by atoms with E-state index in [4.69, 9.17) is 4.74 Å². The molecule has 0 radical (unpaired) electrons. The van der Waals surface area contributed by atoms with Crippen LogP contribution >= 0.6 is 0 Å². The molecule has 7 nitrogen and oxygen atoms in total. The molecule has 2 fully saturated rings. The lowest BCUT2D eigenvalue weighted by atomic mass is 9.97. The van der Waals surface area contributed by atoms with Crippen LogP contribution in [0.3, 0.4) is 0 Å². The molecule has 3 rings (SSSR count). The lowest BCUT2D eigenvalue weighted by Gasteiger charge is -2.34. The lowest BCUT2D eigenvalue weighted by molar-refractivity contribution is 0.118. The van der Waals surface area contributed by atoms with Gasteiger partial charge in [0.15, 0.2) is 0 Å². The van der Waals surface area contributed by atoms with Gasteiger partial charge in [0.25, 0.3) is 0 Å². The molecule has 2 saturated heterocycles. The van der Waals surface area contributed by atoms with Crippen LogP contribution in [0.5, 0.6) is 0 Å². The molecule has 0 bridgehead atoms. The van der Waals surface area contributed by atoms with E-state index in [0.717, 1.165) is 37.6 Å². The number of carbonyl (C=O) groups excluding carboxylic acids is 1. The Morgan fingerprint density at radius 3 is 2.71 bits per heavy atom. The second-order valence-electron chi connectivity index (χ2n) is 6.40. The summed E-state index contributed by atoms with van der Waals surface area (Å²) in [5.41, 5.74) is 1.03. The Morgan fingerprint density at radius 2 is 2.04 bits per heavy atom. The number of anilines is 1. The Labute approximate surface area is 142 Å². The summed E-state index contributed by atoms with van der Waals surface area (Å²) in [5.74, 6) is 1.05. The minimum Gasteiger partial charge on any atom is -0.374 e. The average molecular weight is 331 g/mol. The van der Waals surface area contributed by atoms with Crippen molar-refractivity contribution >= 4 is 12.0 Å². The van der Waals surface area contributed by atoms with E-state index in [2.05, 4.69) is 26.8 Å². The molecule has 1 N–H and O–H groups in total. The fourth-order valence-electron chi connectivity index (χ4n) is 3.28. The first kappa shape index (κ1) is 16.7. The molecule has 2 aliphatic heterocycles. The molecule has 7 heteroatoms. The molecule has 2 atom stereocenters. The maximum atomic E-state index is 12.4. The van der Waals surface area contributed by atoms with Crippen LogP contribution in [0.1, 0.15) is 13.3 Å². The zero-order valence-electron chi connectivity index (χ0n) is 14.1. The van der Waals surface area contributed by atoms with Crippen LogP contribution in [0.4, 0.5) is 10.7 Å². The van der Waals surface area contributed by atoms with Gasteiger partial charge in [-0.1, -0.05) is 12.2 Å². The summed E-state index contributed by atoms with van der Waals surface area (Å²) < 4.78 is 5.68. The number of piperazine rings is 1. The van der Waals surface area contributed by atoms with Crippen LogP contribution in [0.25, 0.3) is 0 Å². The molecule has 130 valence electrons. The van der Waals surface area contributed by atoms with Crippen LogP contribution in [0, 0.1) is 5.92 Å². The van der Waals surface area contributed by atoms with E-state index >= 15 is 0 Å². The third-order valence-corrected chi connectivity index (χ3v) is 4.62. The average Bonchev–Trinajstić information content (AvgIpc) is 3.09. The van der Waals surface area contributed by atoms with Gasteiger partial charge in [-0.3, -0.25) is 0 Å². The Balaban J connectivity index is 1.45. The molecule has 0 unspecified atom stereocenters. The van der Waals surface area contributed by atoms with Gasteiger partial charge in [-0.2, -0.15) is 0 Å². The number of aromatic nitrogens is 2. The number of carbonyl (C=O) groups is 1. The highest BCUT2D eigenvalue weighted by molar-refractivity contribution is 5.74. The number of urea groups is 1. The fraction of sp³-hybridized carbons (Fsp3) is 0.588. The Kier molecular flexibility index (Phi) is 5.30. The largest absolute Gasteiger partial charge is 0.374 e. The third kappa shape index (κ3) is 3.84. The zero-order chi connectivity index (χ0) is 16.9. The SMILES string of the molecule is C=C(C)[C@H]1OCC[C@H]1CNC(=O)N1CCN(c2ncccn2)CC1. The van der Waals surface area contributed by atoms with E-state index in [1.807, 2.05) is 11.8 Å². The summed E-state index contributed by atoms with van der Waals surface area (Å²) in [7, 11) is 0. The highest BCUT2D eigenvalue weighted by Gasteiger charge is 2.30. The number of hydrogen-bond donors (Lipinski definition) is 1. The van der Waals surface area contributed by atoms with Crippen LogP contribution in [-0.2, 0) is 4.74 Å². The van der Waals surface area contributed by atoms with Crippen molar-refractivity contribution in [1.29, 1.82) is 0 Å². The highest BCUT2D eigenvalue weighted by Crippen LogP contribution is 2.25. The number of nitrogens with zero attached hydrogens (tertiary/aromatic N) is 4. The predicted molar refractivity (Wildman–Crippen MR) is 91.9 cm³/mol. The van der Waals surface area contributed by atoms with Gasteiger partial charge in [0.2, 0.25) is 5.95 Å². The van der Waals surface area contributed by atoms with E-state index in [1.165, 1.54) is 0 Å². The van der Waals surface area contributed by atoms with Crippen molar-refractivity contribution < 1.29 is 9.53 Å². The molecule has 2 aliphatic rings. The maximum absolute atomic E-state index is 12.4. The predicted octanol–water partition coefficient (Wildman–Crippen LogP) is 1.29. The Hall–Kier alpha value is -2.15. The van der Waals surface area contributed by atoms with Crippen molar-refractivity contribution in [2.24, 2.45) is 5.92 Å². The molecule has 24 heavy (non-hydrogen) atoms. The molecule has 0 aromatic carbocycles. The minimum atomic E-state index is -0.00371. The van der Waals surface area contributed by atoms with E-state index < -0.39 is 0 Å². The first-order valence-electron chi connectivity index (χ1n) is 8.47. The van der Waals surface area contributed by atoms with Crippen molar-refractivity contribution in [2.75, 3.05) is 44.2 Å². The zero-order valence-corrected chi connectivity index (χ0v) is 14.1. The van der Waals surface area contributed by atoms with Gasteiger partial charge < -0.3 is 19.9 Å². The smallest absolute Gasteiger partial charge is 0.317 e. The number of rotatable bonds is 4. The van der Waals surface area contributed by atoms with Gasteiger partial charge in [-0.25, -0.2) is 14.8 Å². The molecule has 0 aliphatic carbocycles. The van der Waals surface area contributed by atoms with Gasteiger partial charge in [0, 0.05) is 57.6 Å². The van der Waals surface area contributed by atoms with Crippen molar-refractivity contribution in [3.05, 3.63) is 30.6 Å². The van der Waals surface area contributed by atoms with Crippen molar-refractivity contribution in [2.45, 2.75) is 19.4 Å². The molecule has 0 saturated carbocycles. The van der Waals surface area contributed by atoms with Gasteiger partial charge in [-0.15, -0.1) is 0 Å². The summed E-state index contributed by atoms with van der Waals surface area (Å²) in [5, 5.41) is 3.05. The summed E-state index contributed by atoms with van der Waals surface area (Å²) in [6.45, 7) is 10.2. The van der Waals surface area contributed by atoms with Crippen molar-refractivity contribution in [1.82, 2.24) is 20.2 Å². The molecule has 0 spiro atoms. The summed E-state index contributed by atoms with van der Waals surface area (Å²) in [4.78, 5) is 24.9.